The summed E-state index contributed by atoms with van der Waals surface area (Å²) >= 11 is 0. The van der Waals surface area contributed by atoms with E-state index in [2.05, 4.69) is 10.3 Å². The minimum atomic E-state index is -0.488. The molecule has 1 aliphatic heterocycles. The van der Waals surface area contributed by atoms with Crippen molar-refractivity contribution in [3.63, 3.8) is 0 Å². The van der Waals surface area contributed by atoms with Crippen LogP contribution in [0.2, 0.25) is 0 Å². The van der Waals surface area contributed by atoms with Gasteiger partial charge in [0.05, 0.1) is 17.2 Å². The molecular weight excluding hydrogens is 398 g/mol. The lowest BCUT2D eigenvalue weighted by molar-refractivity contribution is -0.384. The van der Waals surface area contributed by atoms with Gasteiger partial charge in [-0.15, -0.1) is 0 Å². The topological polar surface area (TPSA) is 112 Å². The number of carbonyl (C=O) groups is 2. The smallest absolute Gasteiger partial charge is 0.271 e. The number of aromatic nitrogens is 1. The quantitative estimate of drug-likeness (QED) is 0.486. The predicted octanol–water partition coefficient (Wildman–Crippen LogP) is 2.78. The van der Waals surface area contributed by atoms with E-state index in [-0.39, 0.29) is 24.0 Å². The maximum Gasteiger partial charge on any atom is 0.271 e. The molecular formula is C22H23N5O4. The third kappa shape index (κ3) is 4.56. The van der Waals surface area contributed by atoms with Gasteiger partial charge < -0.3 is 15.2 Å². The van der Waals surface area contributed by atoms with Crippen molar-refractivity contribution in [3.8, 4) is 0 Å². The first-order valence-corrected chi connectivity index (χ1v) is 10.0. The number of benzene rings is 2. The molecule has 3 aromatic rings. The first kappa shape index (κ1) is 20.5. The van der Waals surface area contributed by atoms with Crippen molar-refractivity contribution >= 4 is 34.1 Å². The van der Waals surface area contributed by atoms with Gasteiger partial charge in [0.1, 0.15) is 5.69 Å². The highest BCUT2D eigenvalue weighted by molar-refractivity contribution is 5.98. The molecule has 0 bridgehead atoms. The molecule has 1 aromatic heterocycles. The first-order valence-electron chi connectivity index (χ1n) is 10.0. The zero-order valence-corrected chi connectivity index (χ0v) is 17.1. The lowest BCUT2D eigenvalue weighted by atomic mass is 10.2. The van der Waals surface area contributed by atoms with Gasteiger partial charge >= 0.3 is 0 Å². The monoisotopic (exact) mass is 421 g/mol. The molecule has 2 heterocycles. The summed E-state index contributed by atoms with van der Waals surface area (Å²) in [5.41, 5.74) is 2.62. The van der Waals surface area contributed by atoms with E-state index in [4.69, 9.17) is 0 Å². The van der Waals surface area contributed by atoms with E-state index in [1.54, 1.807) is 17.9 Å². The molecule has 0 spiro atoms. The number of hydrogen-bond acceptors (Lipinski definition) is 5. The van der Waals surface area contributed by atoms with Crippen molar-refractivity contribution in [2.24, 2.45) is 0 Å². The standard InChI is InChI=1S/C22H23N5O4/c1-15-6-7-17(27(30)31)13-19(15)24-21(28)14-25-8-10-26(11-9-25)22(29)20-12-16-4-2-3-5-18(16)23-20/h2-7,12-13,23H,8-11,14H2,1H3,(H,24,28). The molecule has 1 fully saturated rings. The second kappa shape index (κ2) is 8.57. The van der Waals surface area contributed by atoms with Crippen LogP contribution in [0.4, 0.5) is 11.4 Å². The number of nitro groups is 1. The fraction of sp³-hybridized carbons (Fsp3) is 0.273. The molecule has 1 aliphatic rings. The van der Waals surface area contributed by atoms with Crippen LogP contribution in [0.3, 0.4) is 0 Å². The summed E-state index contributed by atoms with van der Waals surface area (Å²) < 4.78 is 0. The zero-order valence-electron chi connectivity index (χ0n) is 17.1. The molecule has 0 saturated carbocycles. The molecule has 0 radical (unpaired) electrons. The molecule has 0 unspecified atom stereocenters. The second-order valence-corrected chi connectivity index (χ2v) is 7.64. The Hall–Kier alpha value is -3.72. The average molecular weight is 421 g/mol. The third-order valence-corrected chi connectivity index (χ3v) is 5.49. The van der Waals surface area contributed by atoms with Crippen LogP contribution < -0.4 is 5.32 Å². The summed E-state index contributed by atoms with van der Waals surface area (Å²) in [6.45, 7) is 4.15. The normalized spacial score (nSPS) is 14.5. The number of piperazine rings is 1. The highest BCUT2D eigenvalue weighted by Crippen LogP contribution is 2.22. The van der Waals surface area contributed by atoms with E-state index in [0.717, 1.165) is 16.5 Å². The number of para-hydroxylation sites is 1. The van der Waals surface area contributed by atoms with Gasteiger partial charge in [-0.2, -0.15) is 0 Å². The Labute approximate surface area is 178 Å². The number of carbonyl (C=O) groups excluding carboxylic acids is 2. The van der Waals surface area contributed by atoms with Crippen LogP contribution in [-0.4, -0.2) is 64.2 Å². The highest BCUT2D eigenvalue weighted by Gasteiger charge is 2.24. The van der Waals surface area contributed by atoms with Crippen molar-refractivity contribution in [3.05, 3.63) is 69.9 Å². The molecule has 1 saturated heterocycles. The Balaban J connectivity index is 1.32. The van der Waals surface area contributed by atoms with Gasteiger partial charge in [-0.05, 0) is 24.6 Å². The number of non-ortho nitro benzene ring substituents is 1. The van der Waals surface area contributed by atoms with Crippen LogP contribution >= 0.6 is 0 Å². The van der Waals surface area contributed by atoms with Crippen LogP contribution in [0.25, 0.3) is 10.9 Å². The minimum Gasteiger partial charge on any atom is -0.351 e. The Kier molecular flexibility index (Phi) is 5.68. The van der Waals surface area contributed by atoms with Crippen molar-refractivity contribution in [1.82, 2.24) is 14.8 Å². The molecule has 160 valence electrons. The van der Waals surface area contributed by atoms with Crippen molar-refractivity contribution in [2.45, 2.75) is 6.92 Å². The lowest BCUT2D eigenvalue weighted by Gasteiger charge is -2.34. The van der Waals surface area contributed by atoms with E-state index in [9.17, 15) is 19.7 Å². The van der Waals surface area contributed by atoms with Gasteiger partial charge in [-0.25, -0.2) is 0 Å². The number of fused-ring (bicyclic) bond motifs is 1. The number of nitro benzene ring substituents is 1. The first-order chi connectivity index (χ1) is 14.9. The molecule has 2 N–H and O–H groups in total. The molecule has 9 heteroatoms. The maximum atomic E-state index is 12.8. The van der Waals surface area contributed by atoms with E-state index >= 15 is 0 Å². The summed E-state index contributed by atoms with van der Waals surface area (Å²) in [4.78, 5) is 42.6. The lowest BCUT2D eigenvalue weighted by Crippen LogP contribution is -2.50. The van der Waals surface area contributed by atoms with E-state index in [1.807, 2.05) is 35.2 Å². The number of nitrogens with one attached hydrogen (secondary N) is 2. The SMILES string of the molecule is Cc1ccc([N+](=O)[O-])cc1NC(=O)CN1CCN(C(=O)c2cc3ccccc3[nH]2)CC1. The van der Waals surface area contributed by atoms with Crippen molar-refractivity contribution < 1.29 is 14.5 Å². The summed E-state index contributed by atoms with van der Waals surface area (Å²) in [6.07, 6.45) is 0. The van der Waals surface area contributed by atoms with Crippen LogP contribution in [0.1, 0.15) is 16.1 Å². The summed E-state index contributed by atoms with van der Waals surface area (Å²) in [5.74, 6) is -0.286. The van der Waals surface area contributed by atoms with Crippen LogP contribution in [-0.2, 0) is 4.79 Å². The Morgan fingerprint density at radius 3 is 2.55 bits per heavy atom. The molecule has 2 amide bonds. The fourth-order valence-corrected chi connectivity index (χ4v) is 3.72. The second-order valence-electron chi connectivity index (χ2n) is 7.64. The molecule has 0 aliphatic carbocycles. The van der Waals surface area contributed by atoms with Gasteiger partial charge in [0.15, 0.2) is 0 Å². The largest absolute Gasteiger partial charge is 0.351 e. The van der Waals surface area contributed by atoms with Crippen LogP contribution in [0, 0.1) is 17.0 Å². The van der Waals surface area contributed by atoms with Gasteiger partial charge in [0, 0.05) is 49.2 Å². The Bertz CT molecular complexity index is 1110. The van der Waals surface area contributed by atoms with Crippen molar-refractivity contribution in [1.29, 1.82) is 0 Å². The minimum absolute atomic E-state index is 0.0486. The van der Waals surface area contributed by atoms with Crippen LogP contribution in [0.15, 0.2) is 48.5 Å². The zero-order chi connectivity index (χ0) is 22.0. The Morgan fingerprint density at radius 2 is 1.84 bits per heavy atom. The summed E-state index contributed by atoms with van der Waals surface area (Å²) in [7, 11) is 0. The number of rotatable bonds is 5. The van der Waals surface area contributed by atoms with E-state index in [1.165, 1.54) is 12.1 Å². The molecule has 4 rings (SSSR count). The summed E-state index contributed by atoms with van der Waals surface area (Å²) in [6, 6.07) is 14.0. The number of H-pyrrole nitrogens is 1. The molecule has 9 nitrogen and oxygen atoms in total. The number of amides is 2. The number of anilines is 1. The van der Waals surface area contributed by atoms with Crippen molar-refractivity contribution in [2.75, 3.05) is 38.0 Å². The van der Waals surface area contributed by atoms with E-state index in [0.29, 0.717) is 37.6 Å². The van der Waals surface area contributed by atoms with Gasteiger partial charge in [-0.3, -0.25) is 24.6 Å². The number of aryl methyl sites for hydroxylation is 1. The molecule has 31 heavy (non-hydrogen) atoms. The van der Waals surface area contributed by atoms with Gasteiger partial charge in [0.25, 0.3) is 11.6 Å². The molecule has 2 aromatic carbocycles. The fourth-order valence-electron chi connectivity index (χ4n) is 3.72. The number of nitrogens with zero attached hydrogens (tertiary/aromatic N) is 3. The average Bonchev–Trinajstić information content (AvgIpc) is 3.19. The third-order valence-electron chi connectivity index (χ3n) is 5.49. The molecule has 0 atom stereocenters. The van der Waals surface area contributed by atoms with Crippen LogP contribution in [0.5, 0.6) is 0 Å². The van der Waals surface area contributed by atoms with Gasteiger partial charge in [0.2, 0.25) is 5.91 Å². The van der Waals surface area contributed by atoms with Gasteiger partial charge in [-0.1, -0.05) is 24.3 Å². The Morgan fingerprint density at radius 1 is 1.10 bits per heavy atom. The number of aromatic amines is 1. The number of hydrogen-bond donors (Lipinski definition) is 2. The highest BCUT2D eigenvalue weighted by atomic mass is 16.6. The predicted molar refractivity (Wildman–Crippen MR) is 117 cm³/mol. The van der Waals surface area contributed by atoms with E-state index < -0.39 is 4.92 Å². The maximum absolute atomic E-state index is 12.8. The summed E-state index contributed by atoms with van der Waals surface area (Å²) in [5, 5.41) is 14.7.